The molecular weight excluding hydrogens is 566 g/mol. The van der Waals surface area contributed by atoms with E-state index in [1.165, 1.54) is 4.57 Å². The van der Waals surface area contributed by atoms with Crippen molar-refractivity contribution in [3.8, 4) is 39.9 Å². The van der Waals surface area contributed by atoms with Gasteiger partial charge in [-0.3, -0.25) is 4.57 Å². The lowest BCUT2D eigenvalue weighted by Crippen LogP contribution is -2.06. The minimum atomic E-state index is -0.545. The first kappa shape index (κ1) is 18.9. The van der Waals surface area contributed by atoms with E-state index in [1.54, 1.807) is 18.2 Å². The molecule has 0 N–H and O–H groups in total. The number of rotatable bonds is 4. The average molecular weight is 598 g/mol. The van der Waals surface area contributed by atoms with Gasteiger partial charge in [0.25, 0.3) is 0 Å². The molecule has 46 heavy (non-hydrogen) atoms. The van der Waals surface area contributed by atoms with E-state index in [4.69, 9.17) is 36.9 Å². The molecule has 6 heteroatoms. The Bertz CT molecular complexity index is 3020. The van der Waals surface area contributed by atoms with Crippen LogP contribution in [0.3, 0.4) is 0 Å². The van der Waals surface area contributed by atoms with E-state index in [-0.39, 0.29) is 39.4 Å². The van der Waals surface area contributed by atoms with Crippen molar-refractivity contribution >= 4 is 49.4 Å². The van der Waals surface area contributed by atoms with Gasteiger partial charge in [0.15, 0.2) is 17.3 Å². The van der Waals surface area contributed by atoms with Gasteiger partial charge in [-0.1, -0.05) is 109 Å². The molecule has 0 bridgehead atoms. The van der Waals surface area contributed by atoms with Crippen molar-refractivity contribution in [3.05, 3.63) is 151 Å². The number of nitrogens with zero attached hydrogens (tertiary/aromatic N) is 5. The molecule has 0 fully saturated rings. The van der Waals surface area contributed by atoms with Crippen molar-refractivity contribution < 1.29 is 15.4 Å². The molecule has 6 aromatic carbocycles. The van der Waals surface area contributed by atoms with E-state index in [0.29, 0.717) is 28.0 Å². The average Bonchev–Trinajstić information content (AvgIpc) is 3.77. The van der Waals surface area contributed by atoms with Crippen LogP contribution in [0.25, 0.3) is 88.4 Å². The zero-order chi connectivity index (χ0) is 37.6. The Hall–Kier alpha value is -6.58. The summed E-state index contributed by atoms with van der Waals surface area (Å²) in [5.41, 5.74) is 4.54. The summed E-state index contributed by atoms with van der Waals surface area (Å²) in [4.78, 5) is 18.0. The number of furan rings is 1. The lowest BCUT2D eigenvalue weighted by atomic mass is 10.0. The fraction of sp³-hybridized carbons (Fsp3) is 0. The van der Waals surface area contributed by atoms with Crippen LogP contribution in [-0.4, -0.2) is 19.5 Å². The van der Waals surface area contributed by atoms with E-state index in [9.17, 15) is 0 Å². The third-order valence-corrected chi connectivity index (χ3v) is 7.97. The standard InChI is InChI=1S/C40H23N5O/c1-41-29-21-18-26(19-22-29)25-14-16-27(17-15-25)38-42-39(28-20-23-33-32-10-4-7-13-36(32)46-37(33)24-28)44-40(43-38)45-34-11-5-2-8-30(34)31-9-3-6-12-35(31)45/h2-24H/i2D,3D,5D,6D,8D,9D,11D,12D. The molecule has 0 saturated carbocycles. The highest BCUT2D eigenvalue weighted by molar-refractivity contribution is 6.09. The van der Waals surface area contributed by atoms with Gasteiger partial charge in [0.2, 0.25) is 5.95 Å². The van der Waals surface area contributed by atoms with Crippen LogP contribution in [0.15, 0.2) is 144 Å². The number of para-hydroxylation sites is 3. The maximum Gasteiger partial charge on any atom is 0.238 e. The van der Waals surface area contributed by atoms with E-state index in [2.05, 4.69) is 4.85 Å². The lowest BCUT2D eigenvalue weighted by molar-refractivity contribution is 0.669. The zero-order valence-corrected chi connectivity index (χ0v) is 23.8. The van der Waals surface area contributed by atoms with Gasteiger partial charge in [-0.2, -0.15) is 9.97 Å². The molecule has 0 amide bonds. The molecule has 214 valence electrons. The largest absolute Gasteiger partial charge is 0.456 e. The molecule has 0 saturated heterocycles. The van der Waals surface area contributed by atoms with Crippen molar-refractivity contribution in [2.24, 2.45) is 0 Å². The highest BCUT2D eigenvalue weighted by atomic mass is 16.3. The van der Waals surface area contributed by atoms with E-state index in [0.717, 1.165) is 21.9 Å². The summed E-state index contributed by atoms with van der Waals surface area (Å²) in [5.74, 6) is 0.271. The zero-order valence-electron chi connectivity index (χ0n) is 31.8. The summed E-state index contributed by atoms with van der Waals surface area (Å²) >= 11 is 0. The van der Waals surface area contributed by atoms with Crippen molar-refractivity contribution in [2.45, 2.75) is 0 Å². The molecule has 0 aliphatic carbocycles. The maximum atomic E-state index is 8.98. The molecule has 6 nitrogen and oxygen atoms in total. The molecule has 3 heterocycles. The first-order valence-electron chi connectivity index (χ1n) is 18.3. The third kappa shape index (κ3) is 4.15. The van der Waals surface area contributed by atoms with Crippen LogP contribution in [-0.2, 0) is 0 Å². The van der Waals surface area contributed by atoms with Gasteiger partial charge >= 0.3 is 0 Å². The Morgan fingerprint density at radius 1 is 0.565 bits per heavy atom. The highest BCUT2D eigenvalue weighted by Crippen LogP contribution is 2.35. The van der Waals surface area contributed by atoms with Crippen LogP contribution in [0.4, 0.5) is 5.69 Å². The molecule has 3 aromatic heterocycles. The van der Waals surface area contributed by atoms with Gasteiger partial charge in [0.1, 0.15) is 11.2 Å². The number of hydrogen-bond donors (Lipinski definition) is 0. The monoisotopic (exact) mass is 597 g/mol. The fourth-order valence-electron chi connectivity index (χ4n) is 5.75. The Morgan fingerprint density at radius 2 is 1.13 bits per heavy atom. The number of benzene rings is 6. The highest BCUT2D eigenvalue weighted by Gasteiger charge is 2.18. The summed E-state index contributed by atoms with van der Waals surface area (Å²) in [6.45, 7) is 7.25. The summed E-state index contributed by atoms with van der Waals surface area (Å²) < 4.78 is 76.9. The minimum Gasteiger partial charge on any atom is -0.456 e. The Balaban J connectivity index is 1.34. The summed E-state index contributed by atoms with van der Waals surface area (Å²) in [7, 11) is 0. The number of aromatic nitrogens is 4. The lowest BCUT2D eigenvalue weighted by Gasteiger charge is -2.11. The predicted molar refractivity (Wildman–Crippen MR) is 184 cm³/mol. The second-order valence-electron chi connectivity index (χ2n) is 10.6. The first-order chi connectivity index (χ1) is 26.0. The second-order valence-corrected chi connectivity index (χ2v) is 10.6. The van der Waals surface area contributed by atoms with Gasteiger partial charge in [0, 0.05) is 32.7 Å². The fourth-order valence-corrected chi connectivity index (χ4v) is 5.75. The van der Waals surface area contributed by atoms with E-state index >= 15 is 0 Å². The Labute approximate surface area is 274 Å². The molecule has 9 aromatic rings. The van der Waals surface area contributed by atoms with Crippen LogP contribution in [0, 0.1) is 6.57 Å². The smallest absolute Gasteiger partial charge is 0.238 e. The molecule has 0 aliphatic heterocycles. The van der Waals surface area contributed by atoms with Crippen molar-refractivity contribution in [3.63, 3.8) is 0 Å². The van der Waals surface area contributed by atoms with E-state index in [1.807, 2.05) is 72.8 Å². The van der Waals surface area contributed by atoms with Crippen LogP contribution >= 0.6 is 0 Å². The van der Waals surface area contributed by atoms with Crippen LogP contribution in [0.2, 0.25) is 0 Å². The maximum absolute atomic E-state index is 8.98. The normalized spacial score (nSPS) is 13.9. The topological polar surface area (TPSA) is 61.1 Å². The summed E-state index contributed by atoms with van der Waals surface area (Å²) in [6, 6.07) is 23.9. The first-order valence-corrected chi connectivity index (χ1v) is 14.3. The van der Waals surface area contributed by atoms with Gasteiger partial charge in [-0.05, 0) is 41.4 Å². The van der Waals surface area contributed by atoms with Crippen LogP contribution < -0.4 is 0 Å². The number of fused-ring (bicyclic) bond motifs is 6. The molecule has 0 unspecified atom stereocenters. The van der Waals surface area contributed by atoms with Gasteiger partial charge in [0.05, 0.1) is 28.6 Å². The second kappa shape index (κ2) is 10.3. The minimum absolute atomic E-state index is 0.0798. The van der Waals surface area contributed by atoms with Crippen molar-refractivity contribution in [1.29, 1.82) is 0 Å². The SMILES string of the molecule is [2H]c1c([2H])c([2H])c2c(c1[2H])c1c([2H])c([2H])c([2H])c([2H])c1n2-c1nc(-c2ccc(-c3ccc([N+]#[C-])cc3)cc2)nc(-c2ccc3c(c2)oc2ccccc23)n1. The third-order valence-electron chi connectivity index (χ3n) is 7.97. The Kier molecular flexibility index (Phi) is 4.22. The quantitative estimate of drug-likeness (QED) is 0.189. The Morgan fingerprint density at radius 3 is 1.83 bits per heavy atom. The van der Waals surface area contributed by atoms with Crippen molar-refractivity contribution in [1.82, 2.24) is 19.5 Å². The van der Waals surface area contributed by atoms with E-state index < -0.39 is 48.3 Å². The molecule has 9 rings (SSSR count). The molecular formula is C40H23N5O. The summed E-state index contributed by atoms with van der Waals surface area (Å²) in [6.07, 6.45) is 0. The van der Waals surface area contributed by atoms with Crippen LogP contribution in [0.1, 0.15) is 11.0 Å². The molecule has 0 atom stereocenters. The van der Waals surface area contributed by atoms with Gasteiger partial charge < -0.3 is 4.42 Å². The van der Waals surface area contributed by atoms with Gasteiger partial charge in [-0.15, -0.1) is 0 Å². The predicted octanol–water partition coefficient (Wildman–Crippen LogP) is 10.4. The van der Waals surface area contributed by atoms with Crippen molar-refractivity contribution in [2.75, 3.05) is 0 Å². The molecule has 0 aliphatic rings. The summed E-state index contributed by atoms with van der Waals surface area (Å²) in [5, 5.41) is 1.67. The van der Waals surface area contributed by atoms with Crippen LogP contribution in [0.5, 0.6) is 0 Å². The number of hydrogen-bond acceptors (Lipinski definition) is 4. The molecule has 0 radical (unpaired) electrons. The van der Waals surface area contributed by atoms with Gasteiger partial charge in [-0.25, -0.2) is 9.83 Å². The molecule has 0 spiro atoms.